The van der Waals surface area contributed by atoms with Crippen LogP contribution in [0.5, 0.6) is 0 Å². The SMILES string of the molecule is CN(C(N)=O)c1ccc(Cl)cn1. The Labute approximate surface area is 74.9 Å². The topological polar surface area (TPSA) is 59.2 Å². The molecule has 0 radical (unpaired) electrons. The summed E-state index contributed by atoms with van der Waals surface area (Å²) in [4.78, 5) is 15.8. The maximum atomic E-state index is 10.7. The maximum absolute atomic E-state index is 10.7. The summed E-state index contributed by atoms with van der Waals surface area (Å²) in [5.74, 6) is 0.479. The minimum Gasteiger partial charge on any atom is -0.351 e. The van der Waals surface area contributed by atoms with Crippen LogP contribution in [0.2, 0.25) is 5.02 Å². The fourth-order valence-corrected chi connectivity index (χ4v) is 0.791. The minimum absolute atomic E-state index is 0.479. The van der Waals surface area contributed by atoms with E-state index in [1.807, 2.05) is 0 Å². The Balaban J connectivity index is 2.89. The van der Waals surface area contributed by atoms with Gasteiger partial charge in [-0.1, -0.05) is 11.6 Å². The Kier molecular flexibility index (Phi) is 2.50. The van der Waals surface area contributed by atoms with Gasteiger partial charge in [-0.05, 0) is 12.1 Å². The Morgan fingerprint density at radius 3 is 2.75 bits per heavy atom. The van der Waals surface area contributed by atoms with Crippen LogP contribution in [-0.2, 0) is 0 Å². The monoisotopic (exact) mass is 185 g/mol. The third kappa shape index (κ3) is 1.85. The molecule has 0 aromatic carbocycles. The van der Waals surface area contributed by atoms with Gasteiger partial charge in [-0.15, -0.1) is 0 Å². The summed E-state index contributed by atoms with van der Waals surface area (Å²) in [6.07, 6.45) is 1.45. The first kappa shape index (κ1) is 8.80. The molecular weight excluding hydrogens is 178 g/mol. The highest BCUT2D eigenvalue weighted by Gasteiger charge is 2.06. The first-order chi connectivity index (χ1) is 5.61. The molecule has 0 fully saturated rings. The minimum atomic E-state index is -0.551. The fourth-order valence-electron chi connectivity index (χ4n) is 0.679. The summed E-state index contributed by atoms with van der Waals surface area (Å²) >= 11 is 5.60. The lowest BCUT2D eigenvalue weighted by molar-refractivity contribution is 0.255. The molecule has 0 atom stereocenters. The van der Waals surface area contributed by atoms with Gasteiger partial charge in [0.2, 0.25) is 0 Å². The number of halogens is 1. The predicted molar refractivity (Wildman–Crippen MR) is 47.2 cm³/mol. The molecule has 1 heterocycles. The molecule has 1 aromatic rings. The van der Waals surface area contributed by atoms with Gasteiger partial charge >= 0.3 is 6.03 Å². The second-order valence-electron chi connectivity index (χ2n) is 2.23. The molecule has 2 N–H and O–H groups in total. The fraction of sp³-hybridized carbons (Fsp3) is 0.143. The lowest BCUT2D eigenvalue weighted by Gasteiger charge is -2.11. The largest absolute Gasteiger partial charge is 0.351 e. The quantitative estimate of drug-likeness (QED) is 0.716. The molecule has 4 nitrogen and oxygen atoms in total. The third-order valence-corrected chi connectivity index (χ3v) is 1.61. The average Bonchev–Trinajstić information content (AvgIpc) is 2.04. The Morgan fingerprint density at radius 2 is 2.33 bits per heavy atom. The number of amides is 2. The second-order valence-corrected chi connectivity index (χ2v) is 2.67. The summed E-state index contributed by atoms with van der Waals surface area (Å²) in [5.41, 5.74) is 5.02. The van der Waals surface area contributed by atoms with E-state index < -0.39 is 6.03 Å². The van der Waals surface area contributed by atoms with Crippen molar-refractivity contribution >= 4 is 23.4 Å². The Morgan fingerprint density at radius 1 is 1.67 bits per heavy atom. The van der Waals surface area contributed by atoms with E-state index in [0.717, 1.165) is 0 Å². The van der Waals surface area contributed by atoms with E-state index in [1.165, 1.54) is 11.1 Å². The van der Waals surface area contributed by atoms with Crippen molar-refractivity contribution in [3.05, 3.63) is 23.4 Å². The zero-order chi connectivity index (χ0) is 9.14. The number of aromatic nitrogens is 1. The summed E-state index contributed by atoms with van der Waals surface area (Å²) in [6.45, 7) is 0. The molecule has 0 saturated heterocycles. The Bertz CT molecular complexity index is 285. The van der Waals surface area contributed by atoms with E-state index in [4.69, 9.17) is 17.3 Å². The number of rotatable bonds is 1. The molecule has 0 aliphatic carbocycles. The number of urea groups is 1. The number of carbonyl (C=O) groups is 1. The van der Waals surface area contributed by atoms with Gasteiger partial charge in [-0.2, -0.15) is 0 Å². The van der Waals surface area contributed by atoms with E-state index in [0.29, 0.717) is 10.8 Å². The maximum Gasteiger partial charge on any atom is 0.320 e. The summed E-state index contributed by atoms with van der Waals surface area (Å²) < 4.78 is 0. The van der Waals surface area contributed by atoms with Crippen molar-refractivity contribution in [2.75, 3.05) is 11.9 Å². The van der Waals surface area contributed by atoms with Crippen molar-refractivity contribution in [1.29, 1.82) is 0 Å². The van der Waals surface area contributed by atoms with Crippen LogP contribution in [0.15, 0.2) is 18.3 Å². The third-order valence-electron chi connectivity index (χ3n) is 1.39. The number of carbonyl (C=O) groups excluding carboxylic acids is 1. The van der Waals surface area contributed by atoms with Gasteiger partial charge in [0, 0.05) is 13.2 Å². The van der Waals surface area contributed by atoms with E-state index in [1.54, 1.807) is 19.2 Å². The molecule has 0 bridgehead atoms. The van der Waals surface area contributed by atoms with Crippen LogP contribution in [0.3, 0.4) is 0 Å². The molecule has 1 aromatic heterocycles. The molecular formula is C7H8ClN3O. The van der Waals surface area contributed by atoms with Gasteiger partial charge in [0.15, 0.2) is 0 Å². The highest BCUT2D eigenvalue weighted by atomic mass is 35.5. The van der Waals surface area contributed by atoms with Crippen molar-refractivity contribution < 1.29 is 4.79 Å². The van der Waals surface area contributed by atoms with Crippen molar-refractivity contribution in [2.24, 2.45) is 5.73 Å². The molecule has 0 aliphatic rings. The van der Waals surface area contributed by atoms with Gasteiger partial charge in [0.25, 0.3) is 0 Å². The standard InChI is InChI=1S/C7H8ClN3O/c1-11(7(9)12)6-3-2-5(8)4-10-6/h2-4H,1H3,(H2,9,12). The first-order valence-electron chi connectivity index (χ1n) is 3.26. The normalized spacial score (nSPS) is 9.50. The van der Waals surface area contributed by atoms with Gasteiger partial charge < -0.3 is 5.73 Å². The average molecular weight is 186 g/mol. The van der Waals surface area contributed by atoms with Crippen LogP contribution in [0, 0.1) is 0 Å². The van der Waals surface area contributed by atoms with Crippen molar-refractivity contribution in [3.63, 3.8) is 0 Å². The zero-order valence-electron chi connectivity index (χ0n) is 6.49. The van der Waals surface area contributed by atoms with Gasteiger partial charge in [0.05, 0.1) is 5.02 Å². The lowest BCUT2D eigenvalue weighted by atomic mass is 10.4. The van der Waals surface area contributed by atoms with Crippen molar-refractivity contribution in [2.45, 2.75) is 0 Å². The lowest BCUT2D eigenvalue weighted by Crippen LogP contribution is -2.32. The molecule has 0 saturated carbocycles. The highest BCUT2D eigenvalue weighted by molar-refractivity contribution is 6.30. The van der Waals surface area contributed by atoms with E-state index in [-0.39, 0.29) is 0 Å². The van der Waals surface area contributed by atoms with Crippen LogP contribution in [0.1, 0.15) is 0 Å². The van der Waals surface area contributed by atoms with E-state index in [9.17, 15) is 4.79 Å². The number of anilines is 1. The highest BCUT2D eigenvalue weighted by Crippen LogP contribution is 2.12. The first-order valence-corrected chi connectivity index (χ1v) is 3.64. The summed E-state index contributed by atoms with van der Waals surface area (Å²) in [5, 5.41) is 0.525. The molecule has 12 heavy (non-hydrogen) atoms. The number of nitrogens with two attached hydrogens (primary N) is 1. The van der Waals surface area contributed by atoms with Gasteiger partial charge in [0.1, 0.15) is 5.82 Å². The van der Waals surface area contributed by atoms with Crippen molar-refractivity contribution in [1.82, 2.24) is 4.98 Å². The zero-order valence-corrected chi connectivity index (χ0v) is 7.25. The summed E-state index contributed by atoms with van der Waals surface area (Å²) in [7, 11) is 1.54. The summed E-state index contributed by atoms with van der Waals surface area (Å²) in [6, 6.07) is 2.71. The molecule has 0 spiro atoms. The Hall–Kier alpha value is -1.29. The molecule has 2 amide bonds. The number of primary amides is 1. The smallest absolute Gasteiger partial charge is 0.320 e. The van der Waals surface area contributed by atoms with Crippen molar-refractivity contribution in [3.8, 4) is 0 Å². The number of hydrogen-bond acceptors (Lipinski definition) is 2. The van der Waals surface area contributed by atoms with Gasteiger partial charge in [-0.3, -0.25) is 4.90 Å². The second kappa shape index (κ2) is 3.40. The van der Waals surface area contributed by atoms with E-state index in [2.05, 4.69) is 4.98 Å². The van der Waals surface area contributed by atoms with Crippen LogP contribution < -0.4 is 10.6 Å². The van der Waals surface area contributed by atoms with Crippen LogP contribution in [0.4, 0.5) is 10.6 Å². The van der Waals surface area contributed by atoms with E-state index >= 15 is 0 Å². The predicted octanol–water partition coefficient (Wildman–Crippen LogP) is 1.25. The van der Waals surface area contributed by atoms with Crippen LogP contribution in [-0.4, -0.2) is 18.1 Å². The number of pyridine rings is 1. The van der Waals surface area contributed by atoms with Crippen LogP contribution >= 0.6 is 11.6 Å². The molecule has 64 valence electrons. The molecule has 5 heteroatoms. The number of nitrogens with zero attached hydrogens (tertiary/aromatic N) is 2. The molecule has 0 unspecified atom stereocenters. The van der Waals surface area contributed by atoms with Gasteiger partial charge in [-0.25, -0.2) is 9.78 Å². The number of hydrogen-bond donors (Lipinski definition) is 1. The molecule has 1 rings (SSSR count). The molecule has 0 aliphatic heterocycles. The van der Waals surface area contributed by atoms with Crippen LogP contribution in [0.25, 0.3) is 0 Å².